The van der Waals surface area contributed by atoms with Crippen LogP contribution in [0.3, 0.4) is 0 Å². The van der Waals surface area contributed by atoms with E-state index in [4.69, 9.17) is 46.4 Å². The van der Waals surface area contributed by atoms with Gasteiger partial charge in [-0.1, -0.05) is 36.9 Å². The molecule has 2 unspecified atom stereocenters. The van der Waals surface area contributed by atoms with Gasteiger partial charge < -0.3 is 4.57 Å². The number of nitrogens with zero attached hydrogens (tertiary/aromatic N) is 9. The second-order valence-corrected chi connectivity index (χ2v) is 11.7. The smallest absolute Gasteiger partial charge is 0.208 e. The molecule has 0 aliphatic carbocycles. The van der Waals surface area contributed by atoms with Gasteiger partial charge in [-0.25, -0.2) is 19.3 Å². The van der Waals surface area contributed by atoms with E-state index in [1.54, 1.807) is 18.2 Å². The first-order chi connectivity index (χ1) is 21.0. The van der Waals surface area contributed by atoms with E-state index in [1.165, 1.54) is 17.8 Å². The molecule has 0 saturated heterocycles. The van der Waals surface area contributed by atoms with Gasteiger partial charge in [0, 0.05) is 19.2 Å². The number of hydrogen-bond acceptors (Lipinski definition) is 9. The van der Waals surface area contributed by atoms with E-state index in [1.807, 2.05) is 46.2 Å². The average Bonchev–Trinajstić information content (AvgIpc) is 3.82. The molecular weight excluding hydrogens is 673 g/mol. The quantitative estimate of drug-likeness (QED) is 0.115. The summed E-state index contributed by atoms with van der Waals surface area (Å²) in [6, 6.07) is 6.67. The van der Waals surface area contributed by atoms with E-state index < -0.39 is 0 Å². The summed E-state index contributed by atoms with van der Waals surface area (Å²) in [4.78, 5) is 12.3. The van der Waals surface area contributed by atoms with Gasteiger partial charge in [0.2, 0.25) is 5.16 Å². The molecule has 0 spiro atoms. The molecule has 44 heavy (non-hydrogen) atoms. The number of hydrogen-bond donors (Lipinski definition) is 3. The highest BCUT2D eigenvalue weighted by Gasteiger charge is 2.07. The van der Waals surface area contributed by atoms with Gasteiger partial charge in [0.05, 0.1) is 22.5 Å². The van der Waals surface area contributed by atoms with Gasteiger partial charge in [-0.3, -0.25) is 15.3 Å². The molecular formula is C26H35Cl4FN12S. The van der Waals surface area contributed by atoms with Crippen LogP contribution in [0.25, 0.3) is 0 Å². The molecule has 0 bridgehead atoms. The van der Waals surface area contributed by atoms with Crippen LogP contribution in [-0.2, 0) is 31.0 Å². The molecule has 0 radical (unpaired) electrons. The summed E-state index contributed by atoms with van der Waals surface area (Å²) in [5.74, 6) is 6.39. The van der Waals surface area contributed by atoms with Crippen LogP contribution in [0.5, 0.6) is 0 Å². The predicted octanol–water partition coefficient (Wildman–Crippen LogP) is 6.92. The Morgan fingerprint density at radius 3 is 1.91 bits per heavy atom. The fourth-order valence-corrected chi connectivity index (χ4v) is 4.26. The lowest BCUT2D eigenvalue weighted by atomic mass is 10.2. The van der Waals surface area contributed by atoms with Gasteiger partial charge in [-0.15, -0.1) is 61.7 Å². The van der Waals surface area contributed by atoms with E-state index in [9.17, 15) is 4.39 Å². The van der Waals surface area contributed by atoms with Crippen molar-refractivity contribution < 1.29 is 4.39 Å². The predicted molar refractivity (Wildman–Crippen MR) is 173 cm³/mol. The normalized spacial score (nSPS) is 11.8. The van der Waals surface area contributed by atoms with Crippen molar-refractivity contribution in [2.45, 2.75) is 74.5 Å². The molecule has 4 heterocycles. The number of benzene rings is 1. The van der Waals surface area contributed by atoms with Gasteiger partial charge >= 0.3 is 0 Å². The Kier molecular flexibility index (Phi) is 16.6. The largest absolute Gasteiger partial charge is 0.317 e. The summed E-state index contributed by atoms with van der Waals surface area (Å²) in [6.07, 6.45) is 0.872. The van der Waals surface area contributed by atoms with Gasteiger partial charge in [0.15, 0.2) is 11.6 Å². The lowest BCUT2D eigenvalue weighted by Crippen LogP contribution is -1.95. The third-order valence-corrected chi connectivity index (χ3v) is 7.24. The van der Waals surface area contributed by atoms with E-state index in [2.05, 4.69) is 55.7 Å². The van der Waals surface area contributed by atoms with Gasteiger partial charge in [-0.05, 0) is 39.3 Å². The summed E-state index contributed by atoms with van der Waals surface area (Å²) in [6.45, 7) is 9.44. The highest BCUT2D eigenvalue weighted by Crippen LogP contribution is 2.21. The van der Waals surface area contributed by atoms with Crippen LogP contribution in [0.1, 0.15) is 77.9 Å². The fourth-order valence-electron chi connectivity index (χ4n) is 2.91. The molecule has 5 rings (SSSR count). The number of aromatic amines is 3. The molecule has 1 aromatic carbocycles. The standard InChI is InChI=1S/C10H9ClFN3S.C6H10ClN3.2C5H8ClN3/c11-5-9-13-10(15-14-9)16-6-7-3-1-2-4-8(7)12;1-3-5-8-6(4(2)7)10-9-5;1-4-7-8-5(3-6)9(4)2;1-3(6)5-7-4(2)8-9-5/h1-4H,5-6H2,(H,13,14,15);4H,3H2,1-2H3,(H,8,9,10);3H2,1-2H3;3H,1-2H3,(H,7,8,9). The number of nitrogens with one attached hydrogen (secondary N) is 3. The summed E-state index contributed by atoms with van der Waals surface area (Å²) < 4.78 is 15.1. The number of rotatable bonds is 8. The van der Waals surface area contributed by atoms with Crippen LogP contribution >= 0.6 is 58.2 Å². The van der Waals surface area contributed by atoms with Gasteiger partial charge in [-0.2, -0.15) is 10.2 Å². The highest BCUT2D eigenvalue weighted by atomic mass is 35.5. The average molecular weight is 709 g/mol. The highest BCUT2D eigenvalue weighted by molar-refractivity contribution is 7.98. The Labute approximate surface area is 279 Å². The first-order valence-electron chi connectivity index (χ1n) is 13.3. The minimum Gasteiger partial charge on any atom is -0.317 e. The maximum absolute atomic E-state index is 13.3. The van der Waals surface area contributed by atoms with E-state index in [0.717, 1.165) is 29.7 Å². The van der Waals surface area contributed by atoms with E-state index in [-0.39, 0.29) is 16.6 Å². The molecule has 0 aliphatic heterocycles. The van der Waals surface area contributed by atoms with Crippen molar-refractivity contribution in [1.29, 1.82) is 0 Å². The minimum absolute atomic E-state index is 0.100. The van der Waals surface area contributed by atoms with Crippen LogP contribution in [0.4, 0.5) is 4.39 Å². The molecule has 0 fully saturated rings. The first kappa shape index (κ1) is 37.4. The fraction of sp³-hybridized carbons (Fsp3) is 0.462. The third-order valence-electron chi connectivity index (χ3n) is 5.46. The van der Waals surface area contributed by atoms with Crippen LogP contribution in [-0.4, -0.2) is 60.3 Å². The van der Waals surface area contributed by atoms with Crippen molar-refractivity contribution in [2.75, 3.05) is 0 Å². The molecule has 4 aromatic heterocycles. The van der Waals surface area contributed by atoms with Crippen molar-refractivity contribution in [3.8, 4) is 0 Å². The maximum Gasteiger partial charge on any atom is 0.208 e. The molecule has 12 nitrogen and oxygen atoms in total. The molecule has 0 aliphatic rings. The zero-order valence-corrected chi connectivity index (χ0v) is 29.0. The van der Waals surface area contributed by atoms with Gasteiger partial charge in [0.1, 0.15) is 34.9 Å². The number of aryl methyl sites for hydroxylation is 3. The maximum atomic E-state index is 13.3. The van der Waals surface area contributed by atoms with E-state index >= 15 is 0 Å². The Morgan fingerprint density at radius 2 is 1.50 bits per heavy atom. The van der Waals surface area contributed by atoms with Crippen LogP contribution < -0.4 is 0 Å². The zero-order valence-electron chi connectivity index (χ0n) is 25.1. The zero-order chi connectivity index (χ0) is 32.6. The second-order valence-electron chi connectivity index (χ2n) is 8.94. The Hall–Kier alpha value is -2.78. The lowest BCUT2D eigenvalue weighted by Gasteiger charge is -1.99. The van der Waals surface area contributed by atoms with Crippen molar-refractivity contribution in [3.63, 3.8) is 0 Å². The molecule has 18 heteroatoms. The van der Waals surface area contributed by atoms with E-state index in [0.29, 0.717) is 45.7 Å². The summed E-state index contributed by atoms with van der Waals surface area (Å²) in [5.41, 5.74) is 0.643. The molecule has 240 valence electrons. The summed E-state index contributed by atoms with van der Waals surface area (Å²) >= 11 is 23.9. The number of halogens is 5. The van der Waals surface area contributed by atoms with Crippen molar-refractivity contribution in [3.05, 3.63) is 76.4 Å². The van der Waals surface area contributed by atoms with Crippen LogP contribution in [0.2, 0.25) is 0 Å². The molecule has 3 N–H and O–H groups in total. The lowest BCUT2D eigenvalue weighted by molar-refractivity contribution is 0.617. The minimum atomic E-state index is -0.205. The molecule has 5 aromatic rings. The number of aromatic nitrogens is 12. The Balaban J connectivity index is 0.000000212. The summed E-state index contributed by atoms with van der Waals surface area (Å²) in [5, 5.41) is 27.9. The molecule has 0 saturated carbocycles. The Morgan fingerprint density at radius 1 is 0.864 bits per heavy atom. The van der Waals surface area contributed by atoms with Crippen LogP contribution in [0.15, 0.2) is 29.4 Å². The van der Waals surface area contributed by atoms with Crippen LogP contribution in [0, 0.1) is 19.7 Å². The SMILES string of the molecule is CCc1nc(C(C)Cl)n[nH]1.Cc1nc(C(C)Cl)n[nH]1.Cc1nnc(CCl)n1C.Fc1ccccc1CSc1n[nH]c(CCl)n1. The number of alkyl halides is 4. The van der Waals surface area contributed by atoms with Crippen molar-refractivity contribution in [1.82, 2.24) is 60.3 Å². The topological polar surface area (TPSA) is 155 Å². The Bertz CT molecular complexity index is 1520. The monoisotopic (exact) mass is 706 g/mol. The van der Waals surface area contributed by atoms with Crippen molar-refractivity contribution >= 4 is 58.2 Å². The first-order valence-corrected chi connectivity index (χ1v) is 16.2. The second kappa shape index (κ2) is 19.6. The molecule has 0 amide bonds. The van der Waals surface area contributed by atoms with Crippen molar-refractivity contribution in [2.24, 2.45) is 7.05 Å². The van der Waals surface area contributed by atoms with Gasteiger partial charge in [0.25, 0.3) is 0 Å². The summed E-state index contributed by atoms with van der Waals surface area (Å²) in [7, 11) is 1.90. The third kappa shape index (κ3) is 12.7. The number of H-pyrrole nitrogens is 3. The molecule has 2 atom stereocenters. The number of thioether (sulfide) groups is 1.